The molecule has 0 N–H and O–H groups in total. The van der Waals surface area contributed by atoms with Gasteiger partial charge in [-0.05, 0) is 65.2 Å². The Morgan fingerprint density at radius 1 is 0.571 bits per heavy atom. The molecule has 0 radical (unpaired) electrons. The summed E-state index contributed by atoms with van der Waals surface area (Å²) in [6, 6.07) is 45.1. The van der Waals surface area contributed by atoms with Gasteiger partial charge >= 0.3 is 0 Å². The molecule has 2 heteroatoms. The van der Waals surface area contributed by atoms with Crippen LogP contribution in [0, 0.1) is 17.3 Å². The lowest BCUT2D eigenvalue weighted by Crippen LogP contribution is -2.50. The van der Waals surface area contributed by atoms with Crippen molar-refractivity contribution in [2.45, 2.75) is 36.0 Å². The number of rotatable bonds is 6. The summed E-state index contributed by atoms with van der Waals surface area (Å²) in [6.07, 6.45) is 5.13. The van der Waals surface area contributed by atoms with Crippen molar-refractivity contribution in [2.24, 2.45) is 17.3 Å². The minimum absolute atomic E-state index is 0.123. The van der Waals surface area contributed by atoms with Crippen LogP contribution in [0.15, 0.2) is 121 Å². The smallest absolute Gasteiger partial charge is 0.0403 e. The van der Waals surface area contributed by atoms with Gasteiger partial charge in [-0.2, -0.15) is 0 Å². The van der Waals surface area contributed by atoms with Gasteiger partial charge in [-0.15, -0.1) is 18.5 Å². The van der Waals surface area contributed by atoms with Crippen LogP contribution in [-0.4, -0.2) is 0 Å². The molecule has 0 aliphatic heterocycles. The Labute approximate surface area is 215 Å². The number of hydrogen-bond acceptors (Lipinski definition) is 0. The van der Waals surface area contributed by atoms with E-state index in [1.807, 2.05) is 0 Å². The summed E-state index contributed by atoms with van der Waals surface area (Å²) in [5.74, 6) is 1.26. The summed E-state index contributed by atoms with van der Waals surface area (Å²) in [5, 5.41) is -0.306. The Morgan fingerprint density at radius 2 is 0.971 bits per heavy atom. The molecule has 0 spiro atoms. The topological polar surface area (TPSA) is 0 Å². The molecule has 2 saturated carbocycles. The van der Waals surface area contributed by atoms with Crippen molar-refractivity contribution in [3.8, 4) is 0 Å². The van der Waals surface area contributed by atoms with Crippen molar-refractivity contribution in [3.63, 3.8) is 0 Å². The van der Waals surface area contributed by atoms with E-state index in [2.05, 4.69) is 140 Å². The Morgan fingerprint density at radius 3 is 1.37 bits per heavy atom. The molecule has 4 aromatic carbocycles. The van der Waals surface area contributed by atoms with Crippen LogP contribution in [0.4, 0.5) is 0 Å². The van der Waals surface area contributed by atoms with Gasteiger partial charge < -0.3 is 0 Å². The van der Waals surface area contributed by atoms with Crippen LogP contribution in [0.3, 0.4) is 0 Å². The van der Waals surface area contributed by atoms with E-state index in [0.29, 0.717) is 5.92 Å². The molecule has 2 aliphatic rings. The van der Waals surface area contributed by atoms with Crippen molar-refractivity contribution >= 4 is 18.5 Å². The van der Waals surface area contributed by atoms with Crippen LogP contribution < -0.4 is 0 Å². The Hall–Kier alpha value is -2.26. The van der Waals surface area contributed by atoms with Crippen molar-refractivity contribution in [1.29, 1.82) is 0 Å². The monoisotopic (exact) mass is 492 g/mol. The Balaban J connectivity index is 1.62. The second-order valence-electron chi connectivity index (χ2n) is 10.7. The standard InChI is InChI=1S/C33H34P2/c34-32(26-13-5-1-6-14-26,27-15-7-2-8-16-27)30-23-25-21-22-31(30,24-25)33(35,28-17-9-3-10-18-28)29-19-11-4-12-20-29/h1-20,25,30H,21-24,34-35H2. The fourth-order valence-corrected chi connectivity index (χ4v) is 9.34. The fraction of sp³-hybridized carbons (Fsp3) is 0.273. The summed E-state index contributed by atoms with van der Waals surface area (Å²) in [5.41, 5.74) is 5.76. The van der Waals surface area contributed by atoms with E-state index in [1.54, 1.807) is 0 Å². The third kappa shape index (κ3) is 3.49. The highest BCUT2D eigenvalue weighted by atomic mass is 31.0. The molecule has 4 aromatic rings. The van der Waals surface area contributed by atoms with E-state index in [0.717, 1.165) is 5.92 Å². The van der Waals surface area contributed by atoms with Crippen molar-refractivity contribution in [2.75, 3.05) is 0 Å². The summed E-state index contributed by atoms with van der Waals surface area (Å²) >= 11 is 0. The minimum atomic E-state index is -0.156. The number of benzene rings is 4. The maximum atomic E-state index is 3.44. The fourth-order valence-electron chi connectivity index (χ4n) is 7.65. The van der Waals surface area contributed by atoms with Crippen LogP contribution >= 0.6 is 18.5 Å². The summed E-state index contributed by atoms with van der Waals surface area (Å²) in [6.45, 7) is 0. The largest absolute Gasteiger partial charge is 0.121 e. The van der Waals surface area contributed by atoms with Crippen LogP contribution in [0.25, 0.3) is 0 Å². The molecule has 2 fully saturated rings. The molecule has 0 nitrogen and oxygen atoms in total. The van der Waals surface area contributed by atoms with E-state index in [-0.39, 0.29) is 15.7 Å². The molecule has 2 aliphatic carbocycles. The third-order valence-corrected chi connectivity index (χ3v) is 11.5. The van der Waals surface area contributed by atoms with Crippen molar-refractivity contribution < 1.29 is 0 Å². The van der Waals surface area contributed by atoms with Gasteiger partial charge in [-0.25, -0.2) is 0 Å². The van der Waals surface area contributed by atoms with Gasteiger partial charge in [-0.3, -0.25) is 0 Å². The van der Waals surface area contributed by atoms with E-state index in [9.17, 15) is 0 Å². The molecule has 2 bridgehead atoms. The Kier molecular flexibility index (Phi) is 5.95. The molecule has 6 rings (SSSR count). The normalized spacial score (nSPS) is 23.9. The summed E-state index contributed by atoms with van der Waals surface area (Å²) in [4.78, 5) is 0. The lowest BCUT2D eigenvalue weighted by atomic mass is 9.56. The van der Waals surface area contributed by atoms with Gasteiger partial charge in [0.15, 0.2) is 0 Å². The molecular weight excluding hydrogens is 458 g/mol. The molecule has 0 aromatic heterocycles. The first-order chi connectivity index (χ1) is 17.1. The number of fused-ring (bicyclic) bond motifs is 2. The van der Waals surface area contributed by atoms with E-state index < -0.39 is 0 Å². The molecule has 5 unspecified atom stereocenters. The molecule has 176 valence electrons. The first-order valence-electron chi connectivity index (χ1n) is 12.9. The highest BCUT2D eigenvalue weighted by Gasteiger charge is 2.66. The van der Waals surface area contributed by atoms with Gasteiger partial charge in [0.1, 0.15) is 0 Å². The predicted octanol–water partition coefficient (Wildman–Crippen LogP) is 8.43. The summed E-state index contributed by atoms with van der Waals surface area (Å²) in [7, 11) is 6.84. The second-order valence-corrected chi connectivity index (χ2v) is 12.5. The second kappa shape index (κ2) is 9.00. The highest BCUT2D eigenvalue weighted by molar-refractivity contribution is 7.19. The van der Waals surface area contributed by atoms with Gasteiger partial charge in [0.05, 0.1) is 0 Å². The minimum Gasteiger partial charge on any atom is -0.121 e. The predicted molar refractivity (Wildman–Crippen MR) is 155 cm³/mol. The lowest BCUT2D eigenvalue weighted by molar-refractivity contribution is 0.112. The molecular formula is C33H34P2. The van der Waals surface area contributed by atoms with Gasteiger partial charge in [0.25, 0.3) is 0 Å². The number of hydrogen-bond donors (Lipinski definition) is 0. The van der Waals surface area contributed by atoms with Gasteiger partial charge in [0.2, 0.25) is 0 Å². The van der Waals surface area contributed by atoms with Gasteiger partial charge in [0, 0.05) is 10.3 Å². The molecule has 0 amide bonds. The highest BCUT2D eigenvalue weighted by Crippen LogP contribution is 2.74. The molecule has 0 saturated heterocycles. The quantitative estimate of drug-likeness (QED) is 0.237. The van der Waals surface area contributed by atoms with Crippen molar-refractivity contribution in [1.82, 2.24) is 0 Å². The zero-order valence-corrected chi connectivity index (χ0v) is 22.5. The van der Waals surface area contributed by atoms with Gasteiger partial charge in [-0.1, -0.05) is 121 Å². The third-order valence-electron chi connectivity index (χ3n) is 9.18. The van der Waals surface area contributed by atoms with E-state index in [1.165, 1.54) is 47.9 Å². The maximum Gasteiger partial charge on any atom is 0.0403 e. The van der Waals surface area contributed by atoms with Crippen LogP contribution in [0.5, 0.6) is 0 Å². The average Bonchev–Trinajstić information content (AvgIpc) is 3.55. The Bertz CT molecular complexity index is 1190. The zero-order valence-electron chi connectivity index (χ0n) is 20.2. The van der Waals surface area contributed by atoms with E-state index >= 15 is 0 Å². The van der Waals surface area contributed by atoms with Crippen molar-refractivity contribution in [3.05, 3.63) is 144 Å². The van der Waals surface area contributed by atoms with Crippen LogP contribution in [0.1, 0.15) is 47.9 Å². The zero-order chi connectivity index (χ0) is 23.9. The van der Waals surface area contributed by atoms with Crippen LogP contribution in [-0.2, 0) is 10.3 Å². The molecule has 5 atom stereocenters. The molecule has 35 heavy (non-hydrogen) atoms. The lowest BCUT2D eigenvalue weighted by Gasteiger charge is -2.56. The first-order valence-corrected chi connectivity index (χ1v) is 14.0. The first kappa shape index (κ1) is 23.2. The van der Waals surface area contributed by atoms with Crippen LogP contribution in [0.2, 0.25) is 0 Å². The summed E-state index contributed by atoms with van der Waals surface area (Å²) < 4.78 is 0. The maximum absolute atomic E-state index is 3.44. The SMILES string of the molecule is PC(c1ccccc1)(c1ccccc1)C1CC2CCC1(C(P)(c1ccccc1)c1ccccc1)C2. The average molecular weight is 493 g/mol. The molecule has 0 heterocycles. The van der Waals surface area contributed by atoms with E-state index in [4.69, 9.17) is 0 Å².